The standard InChI is InChI=1S/C16H24ClN5O/c1-12-8-13(6-7-14(12)17)9-19(3)15(18-2)22-10-20(4)16(23)21(5)11-22/h6-8H,9-11H2,1-5H3. The number of hydrogen-bond acceptors (Lipinski definition) is 2. The molecule has 0 saturated carbocycles. The summed E-state index contributed by atoms with van der Waals surface area (Å²) in [5.41, 5.74) is 2.24. The first-order chi connectivity index (χ1) is 10.8. The quantitative estimate of drug-likeness (QED) is 0.614. The van der Waals surface area contributed by atoms with Crippen LogP contribution in [0.3, 0.4) is 0 Å². The summed E-state index contributed by atoms with van der Waals surface area (Å²) in [6.07, 6.45) is 0. The van der Waals surface area contributed by atoms with Crippen molar-refractivity contribution in [1.82, 2.24) is 19.6 Å². The van der Waals surface area contributed by atoms with E-state index in [-0.39, 0.29) is 6.03 Å². The van der Waals surface area contributed by atoms with Crippen molar-refractivity contribution < 1.29 is 4.79 Å². The van der Waals surface area contributed by atoms with E-state index in [1.54, 1.807) is 30.9 Å². The molecule has 23 heavy (non-hydrogen) atoms. The van der Waals surface area contributed by atoms with Gasteiger partial charge in [0, 0.05) is 39.8 Å². The van der Waals surface area contributed by atoms with Crippen LogP contribution in [0.5, 0.6) is 0 Å². The van der Waals surface area contributed by atoms with Crippen molar-refractivity contribution in [3.05, 3.63) is 34.3 Å². The fraction of sp³-hybridized carbons (Fsp3) is 0.500. The highest BCUT2D eigenvalue weighted by atomic mass is 35.5. The summed E-state index contributed by atoms with van der Waals surface area (Å²) in [4.78, 5) is 23.8. The molecule has 1 heterocycles. The zero-order valence-electron chi connectivity index (χ0n) is 14.4. The lowest BCUT2D eigenvalue weighted by atomic mass is 10.1. The average molecular weight is 338 g/mol. The lowest BCUT2D eigenvalue weighted by molar-refractivity contribution is 0.0876. The summed E-state index contributed by atoms with van der Waals surface area (Å²) in [6, 6.07) is 6.05. The molecule has 0 atom stereocenters. The van der Waals surface area contributed by atoms with Crippen molar-refractivity contribution in [3.63, 3.8) is 0 Å². The molecule has 2 rings (SSSR count). The van der Waals surface area contributed by atoms with E-state index in [1.807, 2.05) is 26.1 Å². The SMILES string of the molecule is CN=C(N(C)Cc1ccc(Cl)c(C)c1)N1CN(C)C(=O)N(C)C1. The minimum atomic E-state index is 0.0210. The van der Waals surface area contributed by atoms with Crippen LogP contribution in [0.25, 0.3) is 0 Å². The van der Waals surface area contributed by atoms with Crippen molar-refractivity contribution in [2.75, 3.05) is 41.5 Å². The van der Waals surface area contributed by atoms with E-state index in [1.165, 1.54) is 5.56 Å². The van der Waals surface area contributed by atoms with Gasteiger partial charge in [-0.15, -0.1) is 0 Å². The average Bonchev–Trinajstić information content (AvgIpc) is 2.49. The molecule has 0 unspecified atom stereocenters. The Labute approximate surface area is 142 Å². The molecule has 6 nitrogen and oxygen atoms in total. The second-order valence-corrected chi connectivity index (χ2v) is 6.37. The van der Waals surface area contributed by atoms with Gasteiger partial charge in [0.05, 0.1) is 13.3 Å². The first kappa shape index (κ1) is 17.4. The third-order valence-corrected chi connectivity index (χ3v) is 4.31. The zero-order chi connectivity index (χ0) is 17.1. The molecule has 2 amide bonds. The molecule has 7 heteroatoms. The Morgan fingerprint density at radius 1 is 1.30 bits per heavy atom. The Bertz CT molecular complexity index is 604. The van der Waals surface area contributed by atoms with Gasteiger partial charge < -0.3 is 19.6 Å². The molecule has 0 N–H and O–H groups in total. The fourth-order valence-electron chi connectivity index (χ4n) is 2.80. The van der Waals surface area contributed by atoms with Crippen LogP contribution in [0, 0.1) is 6.92 Å². The maximum Gasteiger partial charge on any atom is 0.322 e. The smallest absolute Gasteiger partial charge is 0.322 e. The number of hydrogen-bond donors (Lipinski definition) is 0. The molecular weight excluding hydrogens is 314 g/mol. The summed E-state index contributed by atoms with van der Waals surface area (Å²) in [7, 11) is 7.36. The van der Waals surface area contributed by atoms with E-state index in [0.717, 1.165) is 23.1 Å². The van der Waals surface area contributed by atoms with Gasteiger partial charge in [-0.1, -0.05) is 23.7 Å². The van der Waals surface area contributed by atoms with Crippen molar-refractivity contribution in [1.29, 1.82) is 0 Å². The fourth-order valence-corrected chi connectivity index (χ4v) is 2.92. The normalized spacial score (nSPS) is 16.2. The number of guanidine groups is 1. The summed E-state index contributed by atoms with van der Waals surface area (Å²) in [5.74, 6) is 0.851. The lowest BCUT2D eigenvalue weighted by Crippen LogP contribution is -2.59. The minimum absolute atomic E-state index is 0.0210. The van der Waals surface area contributed by atoms with Gasteiger partial charge in [0.1, 0.15) is 0 Å². The molecule has 1 aromatic carbocycles. The van der Waals surface area contributed by atoms with E-state index in [2.05, 4.69) is 20.9 Å². The predicted octanol–water partition coefficient (Wildman–Crippen LogP) is 2.28. The van der Waals surface area contributed by atoms with Gasteiger partial charge in [0.2, 0.25) is 0 Å². The first-order valence-corrected chi connectivity index (χ1v) is 7.85. The highest BCUT2D eigenvalue weighted by Gasteiger charge is 2.28. The highest BCUT2D eigenvalue weighted by molar-refractivity contribution is 6.31. The Kier molecular flexibility index (Phi) is 5.36. The number of nitrogens with zero attached hydrogens (tertiary/aromatic N) is 5. The van der Waals surface area contributed by atoms with Crippen LogP contribution < -0.4 is 0 Å². The van der Waals surface area contributed by atoms with Gasteiger partial charge in [0.25, 0.3) is 0 Å². The summed E-state index contributed by atoms with van der Waals surface area (Å²) < 4.78 is 0. The van der Waals surface area contributed by atoms with Crippen LogP contribution in [0.15, 0.2) is 23.2 Å². The second kappa shape index (κ2) is 7.08. The van der Waals surface area contributed by atoms with Crippen LogP contribution in [0.4, 0.5) is 4.79 Å². The molecule has 1 saturated heterocycles. The monoisotopic (exact) mass is 337 g/mol. The largest absolute Gasteiger partial charge is 0.341 e. The van der Waals surface area contributed by atoms with Crippen LogP contribution in [-0.2, 0) is 6.54 Å². The predicted molar refractivity (Wildman–Crippen MR) is 93.5 cm³/mol. The van der Waals surface area contributed by atoms with Crippen LogP contribution in [0.2, 0.25) is 5.02 Å². The Morgan fingerprint density at radius 2 is 1.91 bits per heavy atom. The minimum Gasteiger partial charge on any atom is -0.341 e. The van der Waals surface area contributed by atoms with Crippen molar-refractivity contribution in [2.24, 2.45) is 4.99 Å². The highest BCUT2D eigenvalue weighted by Crippen LogP contribution is 2.18. The molecule has 0 bridgehead atoms. The third-order valence-electron chi connectivity index (χ3n) is 3.89. The molecular formula is C16H24ClN5O. The number of urea groups is 1. The van der Waals surface area contributed by atoms with E-state index >= 15 is 0 Å². The van der Waals surface area contributed by atoms with E-state index < -0.39 is 0 Å². The molecule has 1 aromatic rings. The molecule has 1 aliphatic rings. The van der Waals surface area contributed by atoms with Crippen LogP contribution >= 0.6 is 11.6 Å². The number of aliphatic imine (C=N–C) groups is 1. The van der Waals surface area contributed by atoms with Gasteiger partial charge in [-0.3, -0.25) is 4.99 Å². The maximum atomic E-state index is 11.9. The Morgan fingerprint density at radius 3 is 2.43 bits per heavy atom. The van der Waals surface area contributed by atoms with Crippen molar-refractivity contribution in [2.45, 2.75) is 13.5 Å². The van der Waals surface area contributed by atoms with E-state index in [4.69, 9.17) is 11.6 Å². The number of amides is 2. The number of aryl methyl sites for hydroxylation is 1. The van der Waals surface area contributed by atoms with Crippen LogP contribution in [-0.4, -0.2) is 73.1 Å². The summed E-state index contributed by atoms with van der Waals surface area (Å²) in [6.45, 7) is 3.78. The van der Waals surface area contributed by atoms with E-state index in [9.17, 15) is 4.79 Å². The number of carbonyl (C=O) groups is 1. The number of benzene rings is 1. The Balaban J connectivity index is 2.11. The summed E-state index contributed by atoms with van der Waals surface area (Å²) >= 11 is 6.09. The molecule has 1 aliphatic heterocycles. The maximum absolute atomic E-state index is 11.9. The van der Waals surface area contributed by atoms with Crippen molar-refractivity contribution in [3.8, 4) is 0 Å². The van der Waals surface area contributed by atoms with Gasteiger partial charge in [-0.25, -0.2) is 4.79 Å². The molecule has 1 fully saturated rings. The molecule has 0 radical (unpaired) electrons. The first-order valence-electron chi connectivity index (χ1n) is 7.47. The Hall–Kier alpha value is -1.95. The molecule has 0 aliphatic carbocycles. The van der Waals surface area contributed by atoms with E-state index in [0.29, 0.717) is 13.3 Å². The zero-order valence-corrected chi connectivity index (χ0v) is 15.1. The molecule has 0 aromatic heterocycles. The van der Waals surface area contributed by atoms with Crippen molar-refractivity contribution >= 4 is 23.6 Å². The lowest BCUT2D eigenvalue weighted by Gasteiger charge is -2.42. The molecule has 126 valence electrons. The molecule has 0 spiro atoms. The van der Waals surface area contributed by atoms with Gasteiger partial charge in [-0.2, -0.15) is 0 Å². The third kappa shape index (κ3) is 3.88. The van der Waals surface area contributed by atoms with Gasteiger partial charge >= 0.3 is 6.03 Å². The topological polar surface area (TPSA) is 42.4 Å². The number of rotatable bonds is 2. The second-order valence-electron chi connectivity index (χ2n) is 5.96. The van der Waals surface area contributed by atoms with Crippen LogP contribution in [0.1, 0.15) is 11.1 Å². The number of halogens is 1. The van der Waals surface area contributed by atoms with Gasteiger partial charge in [-0.05, 0) is 24.1 Å². The number of carbonyl (C=O) groups excluding carboxylic acids is 1. The van der Waals surface area contributed by atoms with Gasteiger partial charge in [0.15, 0.2) is 5.96 Å². The summed E-state index contributed by atoms with van der Waals surface area (Å²) in [5, 5.41) is 0.776.